The second-order valence-electron chi connectivity index (χ2n) is 4.42. The highest BCUT2D eigenvalue weighted by atomic mass is 32.1. The highest BCUT2D eigenvalue weighted by molar-refractivity contribution is 6.99. The maximum Gasteiger partial charge on any atom is 0.245 e. The molecule has 100 valence electrons. The molecule has 1 aliphatic rings. The molecular formula is C12H19N3O2S. The molecule has 6 heteroatoms. The predicted molar refractivity (Wildman–Crippen MR) is 70.8 cm³/mol. The number of ether oxygens (including phenoxy) is 1. The normalized spacial score (nSPS) is 16.6. The van der Waals surface area contributed by atoms with Crippen molar-refractivity contribution in [2.24, 2.45) is 0 Å². The van der Waals surface area contributed by atoms with Gasteiger partial charge in [0.1, 0.15) is 18.9 Å². The summed E-state index contributed by atoms with van der Waals surface area (Å²) in [6.07, 6.45) is 8.23. The molecule has 1 aromatic rings. The van der Waals surface area contributed by atoms with Gasteiger partial charge in [-0.05, 0) is 32.2 Å². The summed E-state index contributed by atoms with van der Waals surface area (Å²) in [6, 6.07) is 0. The Morgan fingerprint density at radius 1 is 1.56 bits per heavy atom. The van der Waals surface area contributed by atoms with Crippen molar-refractivity contribution in [3.05, 3.63) is 17.8 Å². The van der Waals surface area contributed by atoms with E-state index >= 15 is 0 Å². The Kier molecular flexibility index (Phi) is 5.57. The highest BCUT2D eigenvalue weighted by Gasteiger charge is 2.07. The van der Waals surface area contributed by atoms with Gasteiger partial charge < -0.3 is 15.2 Å². The van der Waals surface area contributed by atoms with Gasteiger partial charge >= 0.3 is 0 Å². The zero-order valence-electron chi connectivity index (χ0n) is 10.3. The van der Waals surface area contributed by atoms with E-state index in [9.17, 15) is 5.11 Å². The fraction of sp³-hybridized carbons (Fsp3) is 0.667. The van der Waals surface area contributed by atoms with E-state index in [1.807, 2.05) is 0 Å². The van der Waals surface area contributed by atoms with Crippen molar-refractivity contribution in [3.8, 4) is 5.88 Å². The lowest BCUT2D eigenvalue weighted by molar-refractivity contribution is 0.104. The van der Waals surface area contributed by atoms with Gasteiger partial charge in [-0.3, -0.25) is 0 Å². The second-order valence-corrected chi connectivity index (χ2v) is 4.98. The summed E-state index contributed by atoms with van der Waals surface area (Å²) in [6.45, 7) is 1.72. The molecule has 5 nitrogen and oxygen atoms in total. The van der Waals surface area contributed by atoms with Gasteiger partial charge in [0.05, 0.1) is 11.7 Å². The summed E-state index contributed by atoms with van der Waals surface area (Å²) in [5.41, 5.74) is 1.54. The third-order valence-electron chi connectivity index (χ3n) is 2.90. The minimum atomic E-state index is -0.510. The average molecular weight is 269 g/mol. The molecule has 1 aromatic heterocycles. The lowest BCUT2D eigenvalue weighted by Crippen LogP contribution is -2.32. The average Bonchev–Trinajstić information content (AvgIpc) is 3.04. The van der Waals surface area contributed by atoms with Crippen molar-refractivity contribution in [3.63, 3.8) is 0 Å². The van der Waals surface area contributed by atoms with E-state index in [2.05, 4.69) is 20.1 Å². The van der Waals surface area contributed by atoms with Gasteiger partial charge in [-0.25, -0.2) is 0 Å². The minimum Gasteiger partial charge on any atom is -0.473 e. The lowest BCUT2D eigenvalue weighted by Gasteiger charge is -2.12. The molecule has 0 saturated carbocycles. The summed E-state index contributed by atoms with van der Waals surface area (Å²) in [4.78, 5) is 0. The number of nitrogens with one attached hydrogen (secondary N) is 1. The number of rotatable bonds is 8. The number of nitrogens with zero attached hydrogens (tertiary/aromatic N) is 2. The smallest absolute Gasteiger partial charge is 0.245 e. The van der Waals surface area contributed by atoms with Crippen LogP contribution in [-0.2, 0) is 0 Å². The van der Waals surface area contributed by atoms with E-state index in [0.717, 1.165) is 24.7 Å². The van der Waals surface area contributed by atoms with Crippen molar-refractivity contribution >= 4 is 11.7 Å². The highest BCUT2D eigenvalue weighted by Crippen LogP contribution is 2.19. The van der Waals surface area contributed by atoms with Crippen LogP contribution in [0.5, 0.6) is 5.88 Å². The second kappa shape index (κ2) is 7.45. The lowest BCUT2D eigenvalue weighted by atomic mass is 10.2. The van der Waals surface area contributed by atoms with E-state index in [4.69, 9.17) is 4.74 Å². The van der Waals surface area contributed by atoms with Gasteiger partial charge in [-0.15, -0.1) is 4.37 Å². The van der Waals surface area contributed by atoms with Crippen LogP contribution in [0.2, 0.25) is 0 Å². The molecule has 1 atom stereocenters. The van der Waals surface area contributed by atoms with Crippen LogP contribution in [0.3, 0.4) is 0 Å². The van der Waals surface area contributed by atoms with Crippen LogP contribution in [-0.4, -0.2) is 39.7 Å². The Morgan fingerprint density at radius 2 is 2.50 bits per heavy atom. The number of hydrogen-bond acceptors (Lipinski definition) is 6. The van der Waals surface area contributed by atoms with E-state index in [-0.39, 0.29) is 6.61 Å². The molecule has 1 aliphatic carbocycles. The topological polar surface area (TPSA) is 67.3 Å². The molecular weight excluding hydrogens is 250 g/mol. The zero-order valence-corrected chi connectivity index (χ0v) is 11.2. The van der Waals surface area contributed by atoms with Crippen LogP contribution in [0.1, 0.15) is 25.7 Å². The third-order valence-corrected chi connectivity index (χ3v) is 3.36. The summed E-state index contributed by atoms with van der Waals surface area (Å²) in [5, 5.41) is 12.9. The standard InChI is InChI=1S/C12H19N3O2S/c16-11(9-17-12-8-14-18-15-12)7-13-6-5-10-3-1-2-4-10/h3,8,11,13,16H,1-2,4-7,9H2. The van der Waals surface area contributed by atoms with Crippen LogP contribution in [0, 0.1) is 0 Å². The monoisotopic (exact) mass is 269 g/mol. The van der Waals surface area contributed by atoms with Crippen molar-refractivity contribution in [1.29, 1.82) is 0 Å². The molecule has 0 amide bonds. The first-order chi connectivity index (χ1) is 8.84. The number of aliphatic hydroxyl groups is 1. The van der Waals surface area contributed by atoms with Crippen molar-refractivity contribution in [1.82, 2.24) is 14.1 Å². The molecule has 0 spiro atoms. The summed E-state index contributed by atoms with van der Waals surface area (Å²) in [5.74, 6) is 0.482. The SMILES string of the molecule is OC(CNCCC1=CCCC1)COc1cnsn1. The number of aliphatic hydroxyl groups excluding tert-OH is 1. The summed E-state index contributed by atoms with van der Waals surface area (Å²) >= 11 is 1.10. The minimum absolute atomic E-state index is 0.251. The molecule has 2 N–H and O–H groups in total. The van der Waals surface area contributed by atoms with Gasteiger partial charge in [-0.1, -0.05) is 11.6 Å². The summed E-state index contributed by atoms with van der Waals surface area (Å²) < 4.78 is 13.0. The number of aromatic nitrogens is 2. The van der Waals surface area contributed by atoms with E-state index in [0.29, 0.717) is 12.4 Å². The van der Waals surface area contributed by atoms with Gasteiger partial charge in [0.25, 0.3) is 0 Å². The molecule has 0 radical (unpaired) electrons. The van der Waals surface area contributed by atoms with Crippen LogP contribution >= 0.6 is 11.7 Å². The molecule has 0 fully saturated rings. The Morgan fingerprint density at radius 3 is 3.22 bits per heavy atom. The first kappa shape index (κ1) is 13.5. The molecule has 1 heterocycles. The Balaban J connectivity index is 1.50. The number of hydrogen-bond donors (Lipinski definition) is 2. The van der Waals surface area contributed by atoms with Crippen molar-refractivity contribution in [2.45, 2.75) is 31.8 Å². The first-order valence-electron chi connectivity index (χ1n) is 6.31. The van der Waals surface area contributed by atoms with Gasteiger partial charge in [-0.2, -0.15) is 4.37 Å². The van der Waals surface area contributed by atoms with Crippen LogP contribution < -0.4 is 10.1 Å². The van der Waals surface area contributed by atoms with Crippen LogP contribution in [0.15, 0.2) is 17.8 Å². The maximum absolute atomic E-state index is 9.69. The van der Waals surface area contributed by atoms with Gasteiger partial charge in [0.2, 0.25) is 5.88 Å². The van der Waals surface area contributed by atoms with Crippen molar-refractivity contribution < 1.29 is 9.84 Å². The molecule has 2 rings (SSSR count). The largest absolute Gasteiger partial charge is 0.473 e. The van der Waals surface area contributed by atoms with E-state index in [1.165, 1.54) is 19.3 Å². The van der Waals surface area contributed by atoms with Gasteiger partial charge in [0, 0.05) is 6.54 Å². The molecule has 1 unspecified atom stereocenters. The van der Waals surface area contributed by atoms with Gasteiger partial charge in [0.15, 0.2) is 0 Å². The van der Waals surface area contributed by atoms with Crippen molar-refractivity contribution in [2.75, 3.05) is 19.7 Å². The van der Waals surface area contributed by atoms with Crippen LogP contribution in [0.4, 0.5) is 0 Å². The molecule has 0 saturated heterocycles. The predicted octanol–water partition coefficient (Wildman–Crippen LogP) is 1.37. The zero-order chi connectivity index (χ0) is 12.6. The molecule has 0 bridgehead atoms. The molecule has 18 heavy (non-hydrogen) atoms. The third kappa shape index (κ3) is 4.72. The fourth-order valence-corrected chi connectivity index (χ4v) is 2.31. The fourth-order valence-electron chi connectivity index (χ4n) is 1.94. The maximum atomic E-state index is 9.69. The Hall–Kier alpha value is -0.980. The first-order valence-corrected chi connectivity index (χ1v) is 7.04. The summed E-state index contributed by atoms with van der Waals surface area (Å²) in [7, 11) is 0. The van der Waals surface area contributed by atoms with Crippen LogP contribution in [0.25, 0.3) is 0 Å². The Bertz CT molecular complexity index is 367. The molecule has 0 aromatic carbocycles. The number of allylic oxidation sites excluding steroid dienone is 1. The Labute approximate surface area is 111 Å². The van der Waals surface area contributed by atoms with E-state index in [1.54, 1.807) is 11.8 Å². The quantitative estimate of drug-likeness (QED) is 0.551. The van der Waals surface area contributed by atoms with E-state index < -0.39 is 6.10 Å². The molecule has 0 aliphatic heterocycles.